The van der Waals surface area contributed by atoms with Gasteiger partial charge >= 0.3 is 5.97 Å². The van der Waals surface area contributed by atoms with Gasteiger partial charge in [0.05, 0.1) is 12.7 Å². The Balaban J connectivity index is 1.90. The van der Waals surface area contributed by atoms with Crippen LogP contribution in [0.2, 0.25) is 0 Å². The van der Waals surface area contributed by atoms with Crippen LogP contribution in [0.4, 0.5) is 0 Å². The first kappa shape index (κ1) is 15.4. The van der Waals surface area contributed by atoms with Crippen LogP contribution in [0.15, 0.2) is 24.3 Å². The molecule has 114 valence electrons. The van der Waals surface area contributed by atoms with Gasteiger partial charge in [0.2, 0.25) is 0 Å². The number of likely N-dealkylation sites (tertiary alicyclic amines) is 1. The van der Waals surface area contributed by atoms with Crippen molar-refractivity contribution >= 4 is 11.9 Å². The van der Waals surface area contributed by atoms with Gasteiger partial charge in [-0.2, -0.15) is 0 Å². The standard InChI is InChI=1S/C16H21NO4/c1-20-16(19)13-7-6-8-14(11-13)21-12-15(18)17-9-4-2-3-5-10-17/h6-8,11H,2-5,9-10,12H2,1H3. The molecule has 1 fully saturated rings. The molecule has 0 bridgehead atoms. The Bertz CT molecular complexity index is 493. The lowest BCUT2D eigenvalue weighted by Crippen LogP contribution is -2.35. The van der Waals surface area contributed by atoms with Gasteiger partial charge in [-0.1, -0.05) is 18.9 Å². The van der Waals surface area contributed by atoms with Crippen LogP contribution in [0.25, 0.3) is 0 Å². The number of methoxy groups -OCH3 is 1. The van der Waals surface area contributed by atoms with E-state index in [1.54, 1.807) is 24.3 Å². The lowest BCUT2D eigenvalue weighted by molar-refractivity contribution is -0.133. The molecule has 1 aromatic carbocycles. The molecule has 0 N–H and O–H groups in total. The molecule has 0 aliphatic carbocycles. The van der Waals surface area contributed by atoms with Gasteiger partial charge in [0.25, 0.3) is 5.91 Å². The highest BCUT2D eigenvalue weighted by Crippen LogP contribution is 2.15. The summed E-state index contributed by atoms with van der Waals surface area (Å²) in [6.07, 6.45) is 4.49. The van der Waals surface area contributed by atoms with E-state index < -0.39 is 5.97 Å². The maximum absolute atomic E-state index is 12.1. The Kier molecular flexibility index (Phi) is 5.60. The largest absolute Gasteiger partial charge is 0.484 e. The molecule has 0 saturated carbocycles. The summed E-state index contributed by atoms with van der Waals surface area (Å²) in [5.74, 6) is 0.0840. The number of rotatable bonds is 4. The van der Waals surface area contributed by atoms with Gasteiger partial charge in [-0.15, -0.1) is 0 Å². The van der Waals surface area contributed by atoms with E-state index in [-0.39, 0.29) is 12.5 Å². The zero-order chi connectivity index (χ0) is 15.1. The van der Waals surface area contributed by atoms with E-state index >= 15 is 0 Å². The zero-order valence-electron chi connectivity index (χ0n) is 12.3. The van der Waals surface area contributed by atoms with Crippen molar-refractivity contribution in [1.82, 2.24) is 4.90 Å². The van der Waals surface area contributed by atoms with E-state index in [0.717, 1.165) is 25.9 Å². The molecule has 0 spiro atoms. The molecule has 5 nitrogen and oxygen atoms in total. The molecule has 1 aromatic rings. The molecular formula is C16H21NO4. The van der Waals surface area contributed by atoms with Gasteiger partial charge in [0.1, 0.15) is 5.75 Å². The Hall–Kier alpha value is -2.04. The van der Waals surface area contributed by atoms with Crippen molar-refractivity contribution in [2.75, 3.05) is 26.8 Å². The Morgan fingerprint density at radius 2 is 1.86 bits per heavy atom. The van der Waals surface area contributed by atoms with Crippen LogP contribution >= 0.6 is 0 Å². The second kappa shape index (κ2) is 7.67. The van der Waals surface area contributed by atoms with Crippen LogP contribution in [0.5, 0.6) is 5.75 Å². The number of esters is 1. The van der Waals surface area contributed by atoms with E-state index in [4.69, 9.17) is 4.74 Å². The first-order chi connectivity index (χ1) is 10.2. The van der Waals surface area contributed by atoms with Crippen LogP contribution < -0.4 is 4.74 Å². The lowest BCUT2D eigenvalue weighted by atomic mass is 10.2. The number of hydrogen-bond acceptors (Lipinski definition) is 4. The molecule has 1 saturated heterocycles. The fourth-order valence-electron chi connectivity index (χ4n) is 2.39. The van der Waals surface area contributed by atoms with E-state index in [2.05, 4.69) is 4.74 Å². The summed E-state index contributed by atoms with van der Waals surface area (Å²) in [6, 6.07) is 6.66. The summed E-state index contributed by atoms with van der Waals surface area (Å²) in [6.45, 7) is 1.62. The molecule has 21 heavy (non-hydrogen) atoms. The minimum atomic E-state index is -0.417. The molecule has 5 heteroatoms. The van der Waals surface area contributed by atoms with Crippen LogP contribution in [0.3, 0.4) is 0 Å². The second-order valence-corrected chi connectivity index (χ2v) is 5.10. The molecule has 0 unspecified atom stereocenters. The lowest BCUT2D eigenvalue weighted by Gasteiger charge is -2.20. The van der Waals surface area contributed by atoms with Crippen molar-refractivity contribution in [3.05, 3.63) is 29.8 Å². The van der Waals surface area contributed by atoms with E-state index in [1.807, 2.05) is 4.90 Å². The number of benzene rings is 1. The molecule has 1 aliphatic heterocycles. The average Bonchev–Trinajstić information content (AvgIpc) is 2.81. The quantitative estimate of drug-likeness (QED) is 0.798. The third-order valence-electron chi connectivity index (χ3n) is 3.58. The topological polar surface area (TPSA) is 55.8 Å². The van der Waals surface area contributed by atoms with Crippen LogP contribution in [-0.2, 0) is 9.53 Å². The first-order valence-corrected chi connectivity index (χ1v) is 7.29. The Morgan fingerprint density at radius 1 is 1.14 bits per heavy atom. The Morgan fingerprint density at radius 3 is 2.52 bits per heavy atom. The van der Waals surface area contributed by atoms with Crippen molar-refractivity contribution in [3.8, 4) is 5.75 Å². The van der Waals surface area contributed by atoms with Crippen LogP contribution in [0.1, 0.15) is 36.0 Å². The summed E-state index contributed by atoms with van der Waals surface area (Å²) in [5.41, 5.74) is 0.414. The van der Waals surface area contributed by atoms with Crippen molar-refractivity contribution in [2.24, 2.45) is 0 Å². The molecular weight excluding hydrogens is 270 g/mol. The number of carbonyl (C=O) groups excluding carboxylic acids is 2. The van der Waals surface area contributed by atoms with Crippen molar-refractivity contribution < 1.29 is 19.1 Å². The highest BCUT2D eigenvalue weighted by atomic mass is 16.5. The highest BCUT2D eigenvalue weighted by Gasteiger charge is 2.16. The number of carbonyl (C=O) groups is 2. The summed E-state index contributed by atoms with van der Waals surface area (Å²) in [5, 5.41) is 0. The first-order valence-electron chi connectivity index (χ1n) is 7.29. The van der Waals surface area contributed by atoms with Crippen molar-refractivity contribution in [2.45, 2.75) is 25.7 Å². The summed E-state index contributed by atoms with van der Waals surface area (Å²) in [4.78, 5) is 25.4. The molecule has 2 rings (SSSR count). The molecule has 1 heterocycles. The maximum atomic E-state index is 12.1. The smallest absolute Gasteiger partial charge is 0.337 e. The van der Waals surface area contributed by atoms with Gasteiger partial charge in [0.15, 0.2) is 6.61 Å². The molecule has 0 atom stereocenters. The van der Waals surface area contributed by atoms with Gasteiger partial charge < -0.3 is 14.4 Å². The maximum Gasteiger partial charge on any atom is 0.337 e. The van der Waals surface area contributed by atoms with Gasteiger partial charge in [-0.25, -0.2) is 4.79 Å². The number of amides is 1. The SMILES string of the molecule is COC(=O)c1cccc(OCC(=O)N2CCCCCC2)c1. The molecule has 0 radical (unpaired) electrons. The second-order valence-electron chi connectivity index (χ2n) is 5.10. The average molecular weight is 291 g/mol. The molecule has 1 aliphatic rings. The monoisotopic (exact) mass is 291 g/mol. The number of nitrogens with zero attached hydrogens (tertiary/aromatic N) is 1. The summed E-state index contributed by atoms with van der Waals surface area (Å²) in [7, 11) is 1.33. The predicted octanol–water partition coefficient (Wildman–Crippen LogP) is 2.25. The normalized spacial score (nSPS) is 15.2. The predicted molar refractivity (Wildman–Crippen MR) is 78.3 cm³/mol. The minimum absolute atomic E-state index is 0.000344. The van der Waals surface area contributed by atoms with Crippen molar-refractivity contribution in [3.63, 3.8) is 0 Å². The summed E-state index contributed by atoms with van der Waals surface area (Å²) >= 11 is 0. The molecule has 1 amide bonds. The molecule has 0 aromatic heterocycles. The zero-order valence-corrected chi connectivity index (χ0v) is 12.3. The fraction of sp³-hybridized carbons (Fsp3) is 0.500. The highest BCUT2D eigenvalue weighted by molar-refractivity contribution is 5.89. The van der Waals surface area contributed by atoms with Crippen LogP contribution in [0, 0.1) is 0 Å². The van der Waals surface area contributed by atoms with E-state index in [9.17, 15) is 9.59 Å². The van der Waals surface area contributed by atoms with Crippen LogP contribution in [-0.4, -0.2) is 43.6 Å². The number of hydrogen-bond donors (Lipinski definition) is 0. The Labute approximate surface area is 124 Å². The number of ether oxygens (including phenoxy) is 2. The van der Waals surface area contributed by atoms with Gasteiger partial charge in [-0.3, -0.25) is 4.79 Å². The third-order valence-corrected chi connectivity index (χ3v) is 3.58. The van der Waals surface area contributed by atoms with Gasteiger partial charge in [0, 0.05) is 13.1 Å². The van der Waals surface area contributed by atoms with Gasteiger partial charge in [-0.05, 0) is 31.0 Å². The fourth-order valence-corrected chi connectivity index (χ4v) is 2.39. The third kappa shape index (κ3) is 4.48. The summed E-state index contributed by atoms with van der Waals surface area (Å²) < 4.78 is 10.2. The van der Waals surface area contributed by atoms with Crippen molar-refractivity contribution in [1.29, 1.82) is 0 Å². The van der Waals surface area contributed by atoms with E-state index in [1.165, 1.54) is 20.0 Å². The minimum Gasteiger partial charge on any atom is -0.484 e. The van der Waals surface area contributed by atoms with E-state index in [0.29, 0.717) is 11.3 Å².